The first-order chi connectivity index (χ1) is 9.15. The van der Waals surface area contributed by atoms with Gasteiger partial charge < -0.3 is 15.0 Å². The van der Waals surface area contributed by atoms with Crippen LogP contribution in [0.5, 0.6) is 0 Å². The summed E-state index contributed by atoms with van der Waals surface area (Å²) in [6.45, 7) is 15.9. The molecule has 0 amide bonds. The van der Waals surface area contributed by atoms with Crippen LogP contribution in [0, 0.1) is 5.92 Å². The van der Waals surface area contributed by atoms with Gasteiger partial charge in [-0.05, 0) is 19.3 Å². The lowest BCUT2D eigenvalue weighted by atomic mass is 10.1. The molecule has 112 valence electrons. The maximum atomic E-state index is 5.54. The van der Waals surface area contributed by atoms with Crippen LogP contribution in [-0.4, -0.2) is 74.4 Å². The van der Waals surface area contributed by atoms with E-state index in [9.17, 15) is 0 Å². The van der Waals surface area contributed by atoms with Crippen LogP contribution in [0.15, 0.2) is 0 Å². The number of nitrogens with zero attached hydrogens (tertiary/aromatic N) is 2. The smallest absolute Gasteiger partial charge is 0.0620 e. The Morgan fingerprint density at radius 3 is 2.47 bits per heavy atom. The van der Waals surface area contributed by atoms with Crippen molar-refractivity contribution >= 4 is 0 Å². The van der Waals surface area contributed by atoms with Crippen LogP contribution >= 0.6 is 0 Å². The van der Waals surface area contributed by atoms with Gasteiger partial charge in [-0.2, -0.15) is 0 Å². The molecule has 0 aromatic heterocycles. The minimum absolute atomic E-state index is 0.553. The third-order valence-electron chi connectivity index (χ3n) is 4.28. The number of piperazine rings is 1. The molecule has 19 heavy (non-hydrogen) atoms. The van der Waals surface area contributed by atoms with Crippen molar-refractivity contribution in [2.75, 3.05) is 52.5 Å². The standard InChI is InChI=1S/C15H31N3O/c1-13(2)11-17-5-7-18(8-6-17)14(3)10-15-12-19-9-4-16-15/h13-16H,4-12H2,1-3H3. The first-order valence-electron chi connectivity index (χ1n) is 7.92. The number of nitrogens with one attached hydrogen (secondary N) is 1. The Balaban J connectivity index is 1.68. The van der Waals surface area contributed by atoms with Gasteiger partial charge in [-0.1, -0.05) is 13.8 Å². The van der Waals surface area contributed by atoms with Gasteiger partial charge >= 0.3 is 0 Å². The summed E-state index contributed by atoms with van der Waals surface area (Å²) in [6.07, 6.45) is 1.21. The highest BCUT2D eigenvalue weighted by Crippen LogP contribution is 2.13. The first kappa shape index (κ1) is 15.2. The molecule has 0 aromatic carbocycles. The van der Waals surface area contributed by atoms with Gasteiger partial charge in [0.2, 0.25) is 0 Å². The predicted octanol–water partition coefficient (Wildman–Crippen LogP) is 1.03. The van der Waals surface area contributed by atoms with E-state index in [2.05, 4.69) is 35.9 Å². The fraction of sp³-hybridized carbons (Fsp3) is 1.00. The van der Waals surface area contributed by atoms with E-state index in [-0.39, 0.29) is 0 Å². The van der Waals surface area contributed by atoms with Gasteiger partial charge in [-0.3, -0.25) is 4.90 Å². The van der Waals surface area contributed by atoms with Gasteiger partial charge in [-0.15, -0.1) is 0 Å². The summed E-state index contributed by atoms with van der Waals surface area (Å²) in [7, 11) is 0. The highest BCUT2D eigenvalue weighted by Gasteiger charge is 2.24. The molecule has 0 saturated carbocycles. The Morgan fingerprint density at radius 2 is 1.89 bits per heavy atom. The van der Waals surface area contributed by atoms with Gasteiger partial charge in [0.15, 0.2) is 0 Å². The third-order valence-corrected chi connectivity index (χ3v) is 4.28. The molecule has 4 heteroatoms. The maximum Gasteiger partial charge on any atom is 0.0620 e. The van der Waals surface area contributed by atoms with E-state index in [0.717, 1.165) is 25.7 Å². The SMILES string of the molecule is CC(C)CN1CCN(C(C)CC2COCCN2)CC1. The lowest BCUT2D eigenvalue weighted by molar-refractivity contribution is 0.0493. The molecule has 0 aromatic rings. The average Bonchev–Trinajstić information content (AvgIpc) is 2.40. The van der Waals surface area contributed by atoms with Crippen LogP contribution in [0.1, 0.15) is 27.2 Å². The molecular weight excluding hydrogens is 238 g/mol. The van der Waals surface area contributed by atoms with Gasteiger partial charge in [0.25, 0.3) is 0 Å². The molecule has 1 N–H and O–H groups in total. The van der Waals surface area contributed by atoms with Crippen LogP contribution < -0.4 is 5.32 Å². The van der Waals surface area contributed by atoms with E-state index < -0.39 is 0 Å². The number of hydrogen-bond donors (Lipinski definition) is 1. The molecule has 2 rings (SSSR count). The monoisotopic (exact) mass is 269 g/mol. The van der Waals surface area contributed by atoms with Crippen molar-refractivity contribution in [1.82, 2.24) is 15.1 Å². The van der Waals surface area contributed by atoms with E-state index in [1.807, 2.05) is 0 Å². The zero-order valence-corrected chi connectivity index (χ0v) is 12.9. The fourth-order valence-electron chi connectivity index (χ4n) is 3.24. The number of morpholine rings is 1. The van der Waals surface area contributed by atoms with E-state index in [1.54, 1.807) is 0 Å². The van der Waals surface area contributed by atoms with E-state index in [1.165, 1.54) is 39.1 Å². The average molecular weight is 269 g/mol. The van der Waals surface area contributed by atoms with Gasteiger partial charge in [0, 0.05) is 51.4 Å². The van der Waals surface area contributed by atoms with Crippen LogP contribution in [0.2, 0.25) is 0 Å². The third kappa shape index (κ3) is 5.03. The van der Waals surface area contributed by atoms with Gasteiger partial charge in [-0.25, -0.2) is 0 Å². The Bertz CT molecular complexity index is 246. The van der Waals surface area contributed by atoms with E-state index >= 15 is 0 Å². The van der Waals surface area contributed by atoms with Crippen LogP contribution in [-0.2, 0) is 4.74 Å². The van der Waals surface area contributed by atoms with Crippen molar-refractivity contribution in [2.24, 2.45) is 5.92 Å². The molecule has 2 aliphatic heterocycles. The number of rotatable bonds is 5. The van der Waals surface area contributed by atoms with Crippen molar-refractivity contribution in [3.63, 3.8) is 0 Å². The molecule has 2 unspecified atom stereocenters. The highest BCUT2D eigenvalue weighted by atomic mass is 16.5. The molecule has 0 bridgehead atoms. The Hall–Kier alpha value is -0.160. The van der Waals surface area contributed by atoms with Crippen molar-refractivity contribution in [3.05, 3.63) is 0 Å². The second kappa shape index (κ2) is 7.58. The van der Waals surface area contributed by atoms with Crippen molar-refractivity contribution < 1.29 is 4.74 Å². The summed E-state index contributed by atoms with van der Waals surface area (Å²) < 4.78 is 5.54. The quantitative estimate of drug-likeness (QED) is 0.807. The lowest BCUT2D eigenvalue weighted by Gasteiger charge is -2.40. The Kier molecular flexibility index (Phi) is 6.07. The van der Waals surface area contributed by atoms with Crippen molar-refractivity contribution in [3.8, 4) is 0 Å². The van der Waals surface area contributed by atoms with Crippen molar-refractivity contribution in [1.29, 1.82) is 0 Å². The number of ether oxygens (including phenoxy) is 1. The van der Waals surface area contributed by atoms with Gasteiger partial charge in [0.05, 0.1) is 13.2 Å². The van der Waals surface area contributed by atoms with Crippen LogP contribution in [0.3, 0.4) is 0 Å². The van der Waals surface area contributed by atoms with Gasteiger partial charge in [0.1, 0.15) is 0 Å². The minimum Gasteiger partial charge on any atom is -0.379 e. The Labute approximate surface area is 118 Å². The first-order valence-corrected chi connectivity index (χ1v) is 7.92. The molecule has 2 heterocycles. The van der Waals surface area contributed by atoms with E-state index in [4.69, 9.17) is 4.74 Å². The molecule has 4 nitrogen and oxygen atoms in total. The highest BCUT2D eigenvalue weighted by molar-refractivity contribution is 4.81. The van der Waals surface area contributed by atoms with Crippen LogP contribution in [0.25, 0.3) is 0 Å². The summed E-state index contributed by atoms with van der Waals surface area (Å²) in [5, 5.41) is 3.56. The summed E-state index contributed by atoms with van der Waals surface area (Å²) in [5.74, 6) is 0.785. The summed E-state index contributed by atoms with van der Waals surface area (Å²) in [6, 6.07) is 1.22. The molecule has 2 saturated heterocycles. The maximum absolute atomic E-state index is 5.54. The molecular formula is C15H31N3O. The lowest BCUT2D eigenvalue weighted by Crippen LogP contribution is -2.52. The predicted molar refractivity (Wildman–Crippen MR) is 79.5 cm³/mol. The largest absolute Gasteiger partial charge is 0.379 e. The van der Waals surface area contributed by atoms with Crippen molar-refractivity contribution in [2.45, 2.75) is 39.3 Å². The molecule has 0 radical (unpaired) electrons. The zero-order chi connectivity index (χ0) is 13.7. The molecule has 2 atom stereocenters. The fourth-order valence-corrected chi connectivity index (χ4v) is 3.24. The normalized spacial score (nSPS) is 28.7. The molecule has 0 spiro atoms. The molecule has 2 aliphatic rings. The zero-order valence-electron chi connectivity index (χ0n) is 12.9. The van der Waals surface area contributed by atoms with Crippen LogP contribution in [0.4, 0.5) is 0 Å². The Morgan fingerprint density at radius 1 is 1.16 bits per heavy atom. The second-order valence-corrected chi connectivity index (χ2v) is 6.54. The summed E-state index contributed by atoms with van der Waals surface area (Å²) >= 11 is 0. The van der Waals surface area contributed by atoms with E-state index in [0.29, 0.717) is 12.1 Å². The second-order valence-electron chi connectivity index (χ2n) is 6.54. The topological polar surface area (TPSA) is 27.7 Å². The summed E-state index contributed by atoms with van der Waals surface area (Å²) in [5.41, 5.74) is 0. The molecule has 2 fully saturated rings. The summed E-state index contributed by atoms with van der Waals surface area (Å²) in [4.78, 5) is 5.25. The number of hydrogen-bond acceptors (Lipinski definition) is 4. The minimum atomic E-state index is 0.553. The molecule has 0 aliphatic carbocycles.